The lowest BCUT2D eigenvalue weighted by atomic mass is 10.1. The lowest BCUT2D eigenvalue weighted by Gasteiger charge is -2.36. The second kappa shape index (κ2) is 6.96. The monoisotopic (exact) mass is 380 g/mol. The lowest BCUT2D eigenvalue weighted by Crippen LogP contribution is -2.49. The van der Waals surface area contributed by atoms with E-state index in [2.05, 4.69) is 0 Å². The number of piperazine rings is 1. The van der Waals surface area contributed by atoms with E-state index in [1.165, 1.54) is 22.5 Å². The van der Waals surface area contributed by atoms with Gasteiger partial charge in [-0.3, -0.25) is 0 Å². The summed E-state index contributed by atoms with van der Waals surface area (Å²) in [6, 6.07) is 7.44. The smallest absolute Gasteiger partial charge is 0.243 e. The molecule has 0 saturated carbocycles. The van der Waals surface area contributed by atoms with E-state index in [-0.39, 0.29) is 31.9 Å². The molecule has 1 aliphatic rings. The summed E-state index contributed by atoms with van der Waals surface area (Å²) < 4.78 is 55.5. The summed E-state index contributed by atoms with van der Waals surface area (Å²) in [6.45, 7) is 6.35. The Morgan fingerprint density at radius 2 is 1.38 bits per heavy atom. The SMILES string of the molecule is Cc1cc(C)c(S(=O)(=O)N2CCN(c3c(F)cccc3F)CC2)c(C)c1. The zero-order valence-electron chi connectivity index (χ0n) is 15.1. The first-order valence-corrected chi connectivity index (χ1v) is 9.93. The molecular weight excluding hydrogens is 358 g/mol. The molecule has 1 aliphatic heterocycles. The molecule has 1 heterocycles. The van der Waals surface area contributed by atoms with Crippen molar-refractivity contribution in [3.05, 3.63) is 58.7 Å². The van der Waals surface area contributed by atoms with Gasteiger partial charge < -0.3 is 4.90 Å². The fourth-order valence-corrected chi connectivity index (χ4v) is 5.48. The van der Waals surface area contributed by atoms with Crippen molar-refractivity contribution >= 4 is 15.7 Å². The van der Waals surface area contributed by atoms with Crippen LogP contribution in [0, 0.1) is 32.4 Å². The van der Waals surface area contributed by atoms with Gasteiger partial charge in [0.05, 0.1) is 4.90 Å². The second-order valence-electron chi connectivity index (χ2n) is 6.69. The normalized spacial score (nSPS) is 16.1. The van der Waals surface area contributed by atoms with Gasteiger partial charge in [0.25, 0.3) is 0 Å². The summed E-state index contributed by atoms with van der Waals surface area (Å²) >= 11 is 0. The molecule has 3 rings (SSSR count). The topological polar surface area (TPSA) is 40.6 Å². The highest BCUT2D eigenvalue weighted by Crippen LogP contribution is 2.28. The molecule has 2 aromatic carbocycles. The molecule has 0 aromatic heterocycles. The average molecular weight is 380 g/mol. The number of benzene rings is 2. The Kier molecular flexibility index (Phi) is 5.03. The minimum Gasteiger partial charge on any atom is -0.364 e. The van der Waals surface area contributed by atoms with Gasteiger partial charge >= 0.3 is 0 Å². The minimum absolute atomic E-state index is 0.0905. The van der Waals surface area contributed by atoms with Gasteiger partial charge in [0, 0.05) is 26.2 Å². The molecule has 2 aromatic rings. The van der Waals surface area contributed by atoms with E-state index in [4.69, 9.17) is 0 Å². The van der Waals surface area contributed by atoms with Crippen LogP contribution in [0.3, 0.4) is 0 Å². The molecule has 0 aliphatic carbocycles. The van der Waals surface area contributed by atoms with E-state index in [1.54, 1.807) is 18.7 Å². The maximum Gasteiger partial charge on any atom is 0.243 e. The number of rotatable bonds is 3. The van der Waals surface area contributed by atoms with Crippen LogP contribution < -0.4 is 4.90 Å². The van der Waals surface area contributed by atoms with Gasteiger partial charge in [-0.2, -0.15) is 4.31 Å². The predicted molar refractivity (Wildman–Crippen MR) is 98.0 cm³/mol. The van der Waals surface area contributed by atoms with Gasteiger partial charge in [-0.05, 0) is 44.0 Å². The maximum atomic E-state index is 14.0. The van der Waals surface area contributed by atoms with E-state index in [0.717, 1.165) is 5.56 Å². The number of hydrogen-bond acceptors (Lipinski definition) is 3. The van der Waals surface area contributed by atoms with Gasteiger partial charge in [-0.25, -0.2) is 17.2 Å². The number of aryl methyl sites for hydroxylation is 3. The summed E-state index contributed by atoms with van der Waals surface area (Å²) in [5.74, 6) is -1.27. The Balaban J connectivity index is 1.84. The third-order valence-electron chi connectivity index (χ3n) is 4.69. The number of anilines is 1. The van der Waals surface area contributed by atoms with Gasteiger partial charge in [-0.15, -0.1) is 0 Å². The van der Waals surface area contributed by atoms with Gasteiger partial charge in [-0.1, -0.05) is 23.8 Å². The first kappa shape index (κ1) is 18.8. The third kappa shape index (κ3) is 3.33. The zero-order chi connectivity index (χ0) is 19.1. The fraction of sp³-hybridized carbons (Fsp3) is 0.368. The molecule has 4 nitrogen and oxygen atoms in total. The molecule has 1 saturated heterocycles. The third-order valence-corrected chi connectivity index (χ3v) is 6.90. The maximum absolute atomic E-state index is 14.0. The largest absolute Gasteiger partial charge is 0.364 e. The van der Waals surface area contributed by atoms with Gasteiger partial charge in [0.15, 0.2) is 0 Å². The molecule has 7 heteroatoms. The standard InChI is InChI=1S/C19H22F2N2O2S/c1-13-11-14(2)19(15(3)12-13)26(24,25)23-9-7-22(8-10-23)18-16(20)5-4-6-17(18)21/h4-6,11-12H,7-10H2,1-3H3. The fourth-order valence-electron chi connectivity index (χ4n) is 3.65. The number of sulfonamides is 1. The van der Waals surface area contributed by atoms with Crippen molar-refractivity contribution in [3.63, 3.8) is 0 Å². The number of halogens is 2. The summed E-state index contributed by atoms with van der Waals surface area (Å²) in [5, 5.41) is 0. The Morgan fingerprint density at radius 1 is 0.885 bits per heavy atom. The van der Waals surface area contributed by atoms with Crippen molar-refractivity contribution in [2.75, 3.05) is 31.1 Å². The first-order valence-electron chi connectivity index (χ1n) is 8.49. The highest BCUT2D eigenvalue weighted by Gasteiger charge is 2.32. The van der Waals surface area contributed by atoms with Crippen LogP contribution in [0.25, 0.3) is 0 Å². The van der Waals surface area contributed by atoms with Crippen molar-refractivity contribution in [2.45, 2.75) is 25.7 Å². The highest BCUT2D eigenvalue weighted by molar-refractivity contribution is 7.89. The van der Waals surface area contributed by atoms with Crippen LogP contribution in [-0.2, 0) is 10.0 Å². The van der Waals surface area contributed by atoms with Crippen LogP contribution in [-0.4, -0.2) is 38.9 Å². The molecular formula is C19H22F2N2O2S. The molecule has 0 bridgehead atoms. The Hall–Kier alpha value is -1.99. The zero-order valence-corrected chi connectivity index (χ0v) is 15.9. The molecule has 1 fully saturated rings. The van der Waals surface area contributed by atoms with Crippen molar-refractivity contribution in [2.24, 2.45) is 0 Å². The molecule has 0 unspecified atom stereocenters. The van der Waals surface area contributed by atoms with Gasteiger partial charge in [0.2, 0.25) is 10.0 Å². The number of hydrogen-bond donors (Lipinski definition) is 0. The van der Waals surface area contributed by atoms with Crippen LogP contribution in [0.4, 0.5) is 14.5 Å². The average Bonchev–Trinajstić information content (AvgIpc) is 2.54. The van der Waals surface area contributed by atoms with Crippen molar-refractivity contribution in [1.82, 2.24) is 4.31 Å². The number of nitrogens with zero attached hydrogens (tertiary/aromatic N) is 2. The molecule has 0 atom stereocenters. The van der Waals surface area contributed by atoms with E-state index >= 15 is 0 Å². The Morgan fingerprint density at radius 3 is 1.88 bits per heavy atom. The van der Waals surface area contributed by atoms with Crippen LogP contribution in [0.15, 0.2) is 35.2 Å². The second-order valence-corrected chi connectivity index (χ2v) is 8.56. The van der Waals surface area contributed by atoms with Crippen LogP contribution in [0.2, 0.25) is 0 Å². The molecule has 0 radical (unpaired) electrons. The summed E-state index contributed by atoms with van der Waals surface area (Å²) in [5.41, 5.74) is 2.35. The molecule has 26 heavy (non-hydrogen) atoms. The first-order chi connectivity index (χ1) is 12.2. The summed E-state index contributed by atoms with van der Waals surface area (Å²) in [6.07, 6.45) is 0. The lowest BCUT2D eigenvalue weighted by molar-refractivity contribution is 0.380. The molecule has 0 amide bonds. The van der Waals surface area contributed by atoms with Crippen molar-refractivity contribution in [3.8, 4) is 0 Å². The molecule has 0 spiro atoms. The molecule has 0 N–H and O–H groups in total. The quantitative estimate of drug-likeness (QED) is 0.819. The van der Waals surface area contributed by atoms with Crippen LogP contribution >= 0.6 is 0 Å². The minimum atomic E-state index is -3.65. The molecule has 140 valence electrons. The number of para-hydroxylation sites is 1. The van der Waals surface area contributed by atoms with E-state index in [1.807, 2.05) is 19.1 Å². The van der Waals surface area contributed by atoms with Crippen LogP contribution in [0.1, 0.15) is 16.7 Å². The summed E-state index contributed by atoms with van der Waals surface area (Å²) in [7, 11) is -3.65. The van der Waals surface area contributed by atoms with Crippen LogP contribution in [0.5, 0.6) is 0 Å². The van der Waals surface area contributed by atoms with Crippen molar-refractivity contribution in [1.29, 1.82) is 0 Å². The van der Waals surface area contributed by atoms with Gasteiger partial charge in [0.1, 0.15) is 17.3 Å². The van der Waals surface area contributed by atoms with E-state index in [9.17, 15) is 17.2 Å². The van der Waals surface area contributed by atoms with E-state index in [0.29, 0.717) is 16.0 Å². The predicted octanol–water partition coefficient (Wildman–Crippen LogP) is 3.40. The van der Waals surface area contributed by atoms with Crippen molar-refractivity contribution < 1.29 is 17.2 Å². The summed E-state index contributed by atoms with van der Waals surface area (Å²) in [4.78, 5) is 1.89. The Bertz CT molecular complexity index is 893. The van der Waals surface area contributed by atoms with E-state index < -0.39 is 21.7 Å². The Labute approximate surface area is 153 Å². The highest BCUT2D eigenvalue weighted by atomic mass is 32.2.